The maximum Gasteiger partial charge on any atom is 0.286 e. The quantitative estimate of drug-likeness (QED) is 0.886. The molecule has 1 aromatic rings. The average Bonchev–Trinajstić information content (AvgIpc) is 2.48. The second kappa shape index (κ2) is 6.50. The highest BCUT2D eigenvalue weighted by atomic mass is 32.2. The Hall–Kier alpha value is -1.58. The van der Waals surface area contributed by atoms with E-state index in [0.29, 0.717) is 44.2 Å². The Balaban J connectivity index is 1.63. The van der Waals surface area contributed by atoms with E-state index >= 15 is 0 Å². The smallest absolute Gasteiger partial charge is 0.286 e. The molecule has 0 atom stereocenters. The number of hydrogen-bond acceptors (Lipinski definition) is 5. The molecule has 23 heavy (non-hydrogen) atoms. The minimum absolute atomic E-state index is 0.172. The minimum atomic E-state index is -3.68. The van der Waals surface area contributed by atoms with Crippen molar-refractivity contribution in [1.29, 1.82) is 0 Å². The first kappa shape index (κ1) is 16.3. The van der Waals surface area contributed by atoms with Crippen LogP contribution in [0.1, 0.15) is 0 Å². The van der Waals surface area contributed by atoms with Crippen LogP contribution in [0.25, 0.3) is 0 Å². The first-order valence-electron chi connectivity index (χ1n) is 7.37. The van der Waals surface area contributed by atoms with Gasteiger partial charge in [0.1, 0.15) is 10.7 Å². The minimum Gasteiger partial charge on any atom is -0.341 e. The van der Waals surface area contributed by atoms with E-state index in [0.717, 1.165) is 0 Å². The maximum absolute atomic E-state index is 12.4. The number of para-hydroxylation sites is 1. The fourth-order valence-electron chi connectivity index (χ4n) is 2.77. The van der Waals surface area contributed by atoms with E-state index in [1.165, 1.54) is 6.07 Å². The van der Waals surface area contributed by atoms with Gasteiger partial charge in [0.25, 0.3) is 16.4 Å². The molecule has 0 bridgehead atoms. The summed E-state index contributed by atoms with van der Waals surface area (Å²) in [5.74, 6) is 0.367. The van der Waals surface area contributed by atoms with Gasteiger partial charge in [0.2, 0.25) is 0 Å². The molecule has 0 saturated carbocycles. The van der Waals surface area contributed by atoms with Crippen LogP contribution in [-0.4, -0.2) is 69.7 Å². The van der Waals surface area contributed by atoms with Crippen LogP contribution in [0, 0.1) is 0 Å². The van der Waals surface area contributed by atoms with Gasteiger partial charge in [0, 0.05) is 26.2 Å². The summed E-state index contributed by atoms with van der Waals surface area (Å²) < 4.78 is 52.9. The summed E-state index contributed by atoms with van der Waals surface area (Å²) in [6.45, 7) is 2.44. The zero-order chi connectivity index (χ0) is 16.4. The molecule has 1 aromatic carbocycles. The zero-order valence-corrected chi connectivity index (χ0v) is 13.3. The second-order valence-electron chi connectivity index (χ2n) is 5.60. The van der Waals surface area contributed by atoms with E-state index in [1.54, 1.807) is 23.1 Å². The second-order valence-corrected chi connectivity index (χ2v) is 7.17. The summed E-state index contributed by atoms with van der Waals surface area (Å²) in [5.41, 5.74) is 0.522. The molecule has 6 nitrogen and oxygen atoms in total. The van der Waals surface area contributed by atoms with Gasteiger partial charge in [-0.05, 0) is 12.1 Å². The summed E-state index contributed by atoms with van der Waals surface area (Å²) in [6, 6.07) is 6.62. The van der Waals surface area contributed by atoms with Crippen molar-refractivity contribution in [3.05, 3.63) is 24.3 Å². The zero-order valence-electron chi connectivity index (χ0n) is 12.5. The number of nitrogens with zero attached hydrogens (tertiary/aromatic N) is 3. The van der Waals surface area contributed by atoms with Gasteiger partial charge in [-0.3, -0.25) is 9.80 Å². The molecular formula is C14H18F2N4O2S. The third kappa shape index (κ3) is 3.85. The first-order valence-corrected chi connectivity index (χ1v) is 8.81. The number of amidine groups is 1. The number of sulfonamides is 1. The average molecular weight is 344 g/mol. The lowest BCUT2D eigenvalue weighted by Gasteiger charge is -2.34. The Labute approximate surface area is 133 Å². The van der Waals surface area contributed by atoms with Gasteiger partial charge in [-0.15, -0.1) is 4.40 Å². The molecule has 2 heterocycles. The molecule has 2 aliphatic heterocycles. The van der Waals surface area contributed by atoms with Crippen LogP contribution < -0.4 is 5.32 Å². The number of halogens is 2. The third-order valence-electron chi connectivity index (χ3n) is 3.91. The Morgan fingerprint density at radius 2 is 1.78 bits per heavy atom. The van der Waals surface area contributed by atoms with Crippen LogP contribution in [0.3, 0.4) is 0 Å². The Bertz CT molecular complexity index is 700. The number of nitrogens with one attached hydrogen (secondary N) is 1. The summed E-state index contributed by atoms with van der Waals surface area (Å²) >= 11 is 0. The van der Waals surface area contributed by atoms with Crippen molar-refractivity contribution >= 4 is 21.5 Å². The molecule has 0 aliphatic carbocycles. The molecule has 0 spiro atoms. The molecule has 1 N–H and O–H groups in total. The fraction of sp³-hybridized carbons (Fsp3) is 0.500. The molecule has 0 amide bonds. The molecule has 0 aromatic heterocycles. The molecule has 9 heteroatoms. The number of anilines is 1. The molecule has 0 radical (unpaired) electrons. The summed E-state index contributed by atoms with van der Waals surface area (Å²) in [5, 5.41) is 3.04. The molecule has 2 aliphatic rings. The van der Waals surface area contributed by atoms with E-state index in [4.69, 9.17) is 0 Å². The van der Waals surface area contributed by atoms with Crippen molar-refractivity contribution in [2.45, 2.75) is 11.3 Å². The summed E-state index contributed by atoms with van der Waals surface area (Å²) in [4.78, 5) is 3.89. The largest absolute Gasteiger partial charge is 0.341 e. The predicted octanol–water partition coefficient (Wildman–Crippen LogP) is 1.08. The standard InChI is InChI=1S/C14H18F2N4O2S/c15-13(16)9-19-5-7-20(8-6-19)10-14-17-11-3-1-2-4-12(11)23(21,22)18-14/h1-4,13H,5-10H2,(H,17,18). The van der Waals surface area contributed by atoms with Gasteiger partial charge in [0.05, 0.1) is 18.8 Å². The molecule has 0 unspecified atom stereocenters. The lowest BCUT2D eigenvalue weighted by atomic mass is 10.3. The van der Waals surface area contributed by atoms with Crippen molar-refractivity contribution in [3.63, 3.8) is 0 Å². The van der Waals surface area contributed by atoms with Crippen molar-refractivity contribution in [3.8, 4) is 0 Å². The highest BCUT2D eigenvalue weighted by molar-refractivity contribution is 7.90. The van der Waals surface area contributed by atoms with Crippen molar-refractivity contribution in [1.82, 2.24) is 9.80 Å². The summed E-state index contributed by atoms with van der Waals surface area (Å²) in [7, 11) is -3.68. The predicted molar refractivity (Wildman–Crippen MR) is 83.6 cm³/mol. The van der Waals surface area contributed by atoms with Gasteiger partial charge >= 0.3 is 0 Å². The number of hydrogen-bond donors (Lipinski definition) is 1. The van der Waals surface area contributed by atoms with Crippen LogP contribution in [0.5, 0.6) is 0 Å². The number of piperazine rings is 1. The molecular weight excluding hydrogens is 326 g/mol. The Kier molecular flexibility index (Phi) is 4.60. The van der Waals surface area contributed by atoms with Crippen LogP contribution in [0.2, 0.25) is 0 Å². The molecule has 1 saturated heterocycles. The fourth-order valence-corrected chi connectivity index (χ4v) is 3.91. The van der Waals surface area contributed by atoms with E-state index in [2.05, 4.69) is 9.71 Å². The number of rotatable bonds is 4. The van der Waals surface area contributed by atoms with Gasteiger partial charge < -0.3 is 5.32 Å². The van der Waals surface area contributed by atoms with Crippen molar-refractivity contribution in [2.24, 2.45) is 4.40 Å². The normalized spacial score (nSPS) is 21.6. The van der Waals surface area contributed by atoms with Crippen LogP contribution in [-0.2, 0) is 10.0 Å². The van der Waals surface area contributed by atoms with Gasteiger partial charge in [-0.25, -0.2) is 8.78 Å². The molecule has 126 valence electrons. The Morgan fingerprint density at radius 3 is 2.48 bits per heavy atom. The molecule has 3 rings (SSSR count). The SMILES string of the molecule is O=S1(=O)N=C(CN2CCN(CC(F)F)CC2)Nc2ccccc21. The highest BCUT2D eigenvalue weighted by Gasteiger charge is 2.26. The van der Waals surface area contributed by atoms with Crippen LogP contribution in [0.15, 0.2) is 33.6 Å². The van der Waals surface area contributed by atoms with E-state index in [1.807, 2.05) is 4.90 Å². The lowest BCUT2D eigenvalue weighted by Crippen LogP contribution is -2.50. The van der Waals surface area contributed by atoms with Crippen LogP contribution in [0.4, 0.5) is 14.5 Å². The number of benzene rings is 1. The lowest BCUT2D eigenvalue weighted by molar-refractivity contribution is 0.0601. The van der Waals surface area contributed by atoms with Gasteiger partial charge in [0.15, 0.2) is 0 Å². The number of alkyl halides is 2. The van der Waals surface area contributed by atoms with E-state index in [-0.39, 0.29) is 11.4 Å². The maximum atomic E-state index is 12.4. The van der Waals surface area contributed by atoms with E-state index < -0.39 is 16.4 Å². The van der Waals surface area contributed by atoms with E-state index in [9.17, 15) is 17.2 Å². The highest BCUT2D eigenvalue weighted by Crippen LogP contribution is 2.26. The summed E-state index contributed by atoms with van der Waals surface area (Å²) in [6.07, 6.45) is -2.33. The third-order valence-corrected chi connectivity index (χ3v) is 5.28. The van der Waals surface area contributed by atoms with Gasteiger partial charge in [-0.1, -0.05) is 12.1 Å². The first-order chi connectivity index (χ1) is 10.9. The van der Waals surface area contributed by atoms with Crippen molar-refractivity contribution < 1.29 is 17.2 Å². The number of fused-ring (bicyclic) bond motifs is 1. The monoisotopic (exact) mass is 344 g/mol. The molecule has 1 fully saturated rings. The van der Waals surface area contributed by atoms with Crippen molar-refractivity contribution in [2.75, 3.05) is 44.6 Å². The van der Waals surface area contributed by atoms with Gasteiger partial charge in [-0.2, -0.15) is 8.42 Å². The Morgan fingerprint density at radius 1 is 1.13 bits per heavy atom. The topological polar surface area (TPSA) is 65.0 Å². The van der Waals surface area contributed by atoms with Crippen LogP contribution >= 0.6 is 0 Å².